The number of carbonyl (C=O) groups excluding carboxylic acids is 1. The Balaban J connectivity index is 2.97. The third-order valence-corrected chi connectivity index (χ3v) is 3.32. The number of nitrogen functional groups attached to an aromatic ring is 1. The lowest BCUT2D eigenvalue weighted by Gasteiger charge is -2.25. The number of hydrogen-bond acceptors (Lipinski definition) is 4. The van der Waals surface area contributed by atoms with Crippen molar-refractivity contribution in [2.45, 2.75) is 34.1 Å². The fraction of sp³-hybridized carbons (Fsp3) is 0.571. The molecule has 0 saturated heterocycles. The molecular formula is C14H24N4O. The first-order valence-electron chi connectivity index (χ1n) is 6.75. The Morgan fingerprint density at radius 2 is 2.21 bits per heavy atom. The number of hydrazine groups is 1. The molecule has 3 N–H and O–H groups in total. The maximum absolute atomic E-state index is 12.5. The number of nitrogens with zero attached hydrogens (tertiary/aromatic N) is 2. The number of aromatic nitrogens is 1. The highest BCUT2D eigenvalue weighted by Crippen LogP contribution is 2.17. The molecule has 0 aliphatic heterocycles. The summed E-state index contributed by atoms with van der Waals surface area (Å²) in [5, 5.41) is 0. The molecule has 5 nitrogen and oxygen atoms in total. The molecule has 0 radical (unpaired) electrons. The molecule has 1 unspecified atom stereocenters. The van der Waals surface area contributed by atoms with E-state index in [4.69, 9.17) is 5.84 Å². The van der Waals surface area contributed by atoms with Crippen molar-refractivity contribution in [3.63, 3.8) is 0 Å². The Bertz CT molecular complexity index is 433. The molecule has 0 aliphatic rings. The minimum Gasteiger partial charge on any atom is -0.339 e. The van der Waals surface area contributed by atoms with E-state index in [0.717, 1.165) is 18.7 Å². The summed E-state index contributed by atoms with van der Waals surface area (Å²) in [6.45, 7) is 9.56. The molecular weight excluding hydrogens is 240 g/mol. The summed E-state index contributed by atoms with van der Waals surface area (Å²) >= 11 is 0. The number of pyridine rings is 1. The summed E-state index contributed by atoms with van der Waals surface area (Å²) < 4.78 is 0. The van der Waals surface area contributed by atoms with E-state index in [2.05, 4.69) is 24.3 Å². The Morgan fingerprint density at radius 1 is 1.53 bits per heavy atom. The van der Waals surface area contributed by atoms with Gasteiger partial charge in [-0.05, 0) is 25.8 Å². The molecule has 1 heterocycles. The lowest BCUT2D eigenvalue weighted by Crippen LogP contribution is -2.35. The van der Waals surface area contributed by atoms with Gasteiger partial charge in [-0.2, -0.15) is 0 Å². The number of anilines is 1. The lowest BCUT2D eigenvalue weighted by atomic mass is 10.1. The van der Waals surface area contributed by atoms with Crippen molar-refractivity contribution in [3.8, 4) is 0 Å². The van der Waals surface area contributed by atoms with Crippen LogP contribution in [0.1, 0.15) is 43.2 Å². The van der Waals surface area contributed by atoms with Crippen molar-refractivity contribution in [2.75, 3.05) is 18.5 Å². The summed E-state index contributed by atoms with van der Waals surface area (Å²) in [5.41, 5.74) is 4.56. The van der Waals surface area contributed by atoms with Crippen LogP contribution >= 0.6 is 0 Å². The van der Waals surface area contributed by atoms with Crippen LogP contribution in [-0.2, 0) is 0 Å². The Hall–Kier alpha value is -1.62. The zero-order valence-electron chi connectivity index (χ0n) is 12.2. The molecule has 1 aromatic rings. The molecule has 19 heavy (non-hydrogen) atoms. The van der Waals surface area contributed by atoms with Gasteiger partial charge in [0, 0.05) is 25.0 Å². The Labute approximate surface area is 115 Å². The third-order valence-electron chi connectivity index (χ3n) is 3.32. The SMILES string of the molecule is CCC(C)CN(CC)C(=O)c1cnc(C)cc1NN. The molecule has 0 spiro atoms. The average Bonchev–Trinajstić information content (AvgIpc) is 2.43. The highest BCUT2D eigenvalue weighted by Gasteiger charge is 2.19. The fourth-order valence-corrected chi connectivity index (χ4v) is 1.88. The monoisotopic (exact) mass is 264 g/mol. The first-order valence-corrected chi connectivity index (χ1v) is 6.75. The molecule has 0 bridgehead atoms. The molecule has 0 aromatic carbocycles. The molecule has 1 atom stereocenters. The van der Waals surface area contributed by atoms with Crippen molar-refractivity contribution in [2.24, 2.45) is 11.8 Å². The topological polar surface area (TPSA) is 71.2 Å². The predicted molar refractivity (Wildman–Crippen MR) is 77.8 cm³/mol. The van der Waals surface area contributed by atoms with Crippen LogP contribution in [0.3, 0.4) is 0 Å². The molecule has 1 amide bonds. The summed E-state index contributed by atoms with van der Waals surface area (Å²) in [4.78, 5) is 18.5. The minimum absolute atomic E-state index is 0.0248. The maximum Gasteiger partial charge on any atom is 0.257 e. The van der Waals surface area contributed by atoms with Crippen LogP contribution in [0.15, 0.2) is 12.3 Å². The smallest absolute Gasteiger partial charge is 0.257 e. The summed E-state index contributed by atoms with van der Waals surface area (Å²) in [6.07, 6.45) is 2.64. The van der Waals surface area contributed by atoms with E-state index in [0.29, 0.717) is 23.7 Å². The molecule has 1 rings (SSSR count). The van der Waals surface area contributed by atoms with Crippen LogP contribution in [0.2, 0.25) is 0 Å². The number of carbonyl (C=O) groups is 1. The third kappa shape index (κ3) is 3.92. The van der Waals surface area contributed by atoms with E-state index in [1.54, 1.807) is 12.3 Å². The van der Waals surface area contributed by atoms with Gasteiger partial charge in [-0.3, -0.25) is 15.6 Å². The highest BCUT2D eigenvalue weighted by molar-refractivity contribution is 5.99. The minimum atomic E-state index is -0.0248. The number of nitrogens with two attached hydrogens (primary N) is 1. The first-order chi connectivity index (χ1) is 9.03. The second-order valence-electron chi connectivity index (χ2n) is 4.87. The molecule has 0 fully saturated rings. The van der Waals surface area contributed by atoms with Gasteiger partial charge in [0.05, 0.1) is 11.3 Å². The van der Waals surface area contributed by atoms with Crippen LogP contribution in [0, 0.1) is 12.8 Å². The highest BCUT2D eigenvalue weighted by atomic mass is 16.2. The van der Waals surface area contributed by atoms with Gasteiger partial charge in [0.25, 0.3) is 5.91 Å². The standard InChI is InChI=1S/C14H24N4O/c1-5-10(3)9-18(6-2)14(19)12-8-16-11(4)7-13(12)17-15/h7-8,10H,5-6,9,15H2,1-4H3,(H,16,17). The van der Waals surface area contributed by atoms with E-state index in [9.17, 15) is 4.79 Å². The van der Waals surface area contributed by atoms with Crippen molar-refractivity contribution >= 4 is 11.6 Å². The van der Waals surface area contributed by atoms with Crippen molar-refractivity contribution in [1.29, 1.82) is 0 Å². The van der Waals surface area contributed by atoms with E-state index in [-0.39, 0.29) is 5.91 Å². The van der Waals surface area contributed by atoms with E-state index in [1.165, 1.54) is 0 Å². The molecule has 106 valence electrons. The number of aryl methyl sites for hydroxylation is 1. The lowest BCUT2D eigenvalue weighted by molar-refractivity contribution is 0.0741. The van der Waals surface area contributed by atoms with Crippen LogP contribution in [-0.4, -0.2) is 28.9 Å². The summed E-state index contributed by atoms with van der Waals surface area (Å²) in [7, 11) is 0. The molecule has 0 aliphatic carbocycles. The first kappa shape index (κ1) is 15.4. The van der Waals surface area contributed by atoms with Crippen LogP contribution < -0.4 is 11.3 Å². The summed E-state index contributed by atoms with van der Waals surface area (Å²) in [5.74, 6) is 5.94. The Kier molecular flexibility index (Phi) is 5.76. The van der Waals surface area contributed by atoms with E-state index >= 15 is 0 Å². The molecule has 0 saturated carbocycles. The zero-order valence-corrected chi connectivity index (χ0v) is 12.2. The van der Waals surface area contributed by atoms with Gasteiger partial charge >= 0.3 is 0 Å². The molecule has 1 aromatic heterocycles. The zero-order chi connectivity index (χ0) is 14.4. The van der Waals surface area contributed by atoms with Crippen LogP contribution in [0.25, 0.3) is 0 Å². The summed E-state index contributed by atoms with van der Waals surface area (Å²) in [6, 6.07) is 1.78. The van der Waals surface area contributed by atoms with E-state index in [1.807, 2.05) is 18.7 Å². The fourth-order valence-electron chi connectivity index (χ4n) is 1.88. The quantitative estimate of drug-likeness (QED) is 0.610. The van der Waals surface area contributed by atoms with Gasteiger partial charge in [-0.25, -0.2) is 0 Å². The van der Waals surface area contributed by atoms with Gasteiger partial charge in [0.2, 0.25) is 0 Å². The van der Waals surface area contributed by atoms with Crippen LogP contribution in [0.5, 0.6) is 0 Å². The maximum atomic E-state index is 12.5. The largest absolute Gasteiger partial charge is 0.339 e. The normalized spacial score (nSPS) is 12.1. The van der Waals surface area contributed by atoms with Gasteiger partial charge in [0.15, 0.2) is 0 Å². The predicted octanol–water partition coefficient (Wildman–Crippen LogP) is 2.18. The molecule has 5 heteroatoms. The van der Waals surface area contributed by atoms with E-state index < -0.39 is 0 Å². The van der Waals surface area contributed by atoms with Gasteiger partial charge in [-0.15, -0.1) is 0 Å². The van der Waals surface area contributed by atoms with Crippen molar-refractivity contribution < 1.29 is 4.79 Å². The number of amides is 1. The second-order valence-corrected chi connectivity index (χ2v) is 4.87. The number of hydrogen-bond donors (Lipinski definition) is 2. The van der Waals surface area contributed by atoms with Crippen LogP contribution in [0.4, 0.5) is 5.69 Å². The van der Waals surface area contributed by atoms with Crippen molar-refractivity contribution in [1.82, 2.24) is 9.88 Å². The average molecular weight is 264 g/mol. The van der Waals surface area contributed by atoms with Gasteiger partial charge in [-0.1, -0.05) is 20.3 Å². The number of rotatable bonds is 6. The van der Waals surface area contributed by atoms with Crippen molar-refractivity contribution in [3.05, 3.63) is 23.5 Å². The van der Waals surface area contributed by atoms with Gasteiger partial charge in [0.1, 0.15) is 0 Å². The number of nitrogens with one attached hydrogen (secondary N) is 1. The Morgan fingerprint density at radius 3 is 2.74 bits per heavy atom. The van der Waals surface area contributed by atoms with Gasteiger partial charge < -0.3 is 10.3 Å². The second kappa shape index (κ2) is 7.09.